The second kappa shape index (κ2) is 9.80. The number of halogens is 3. The summed E-state index contributed by atoms with van der Waals surface area (Å²) in [5.41, 5.74) is 3.11. The zero-order valence-corrected chi connectivity index (χ0v) is 18.9. The zero-order chi connectivity index (χ0) is 23.5. The van der Waals surface area contributed by atoms with E-state index in [1.54, 1.807) is 6.07 Å². The van der Waals surface area contributed by atoms with Crippen LogP contribution in [0.5, 0.6) is 0 Å². The molecule has 3 aromatic carbocycles. The molecule has 1 fully saturated rings. The molecule has 0 unspecified atom stereocenters. The molecule has 3 aromatic rings. The maximum absolute atomic E-state index is 13.5. The van der Waals surface area contributed by atoms with Crippen LogP contribution in [0.2, 0.25) is 0 Å². The number of hydrogen-bond donors (Lipinski definition) is 2. The quantitative estimate of drug-likeness (QED) is 0.405. The van der Waals surface area contributed by atoms with Gasteiger partial charge in [-0.2, -0.15) is 13.2 Å². The summed E-state index contributed by atoms with van der Waals surface area (Å²) >= 11 is 0. The van der Waals surface area contributed by atoms with Gasteiger partial charge in [-0.3, -0.25) is 0 Å². The molecule has 0 radical (unpaired) electrons. The first-order chi connectivity index (χ1) is 16.5. The van der Waals surface area contributed by atoms with Crippen molar-refractivity contribution >= 4 is 5.69 Å². The summed E-state index contributed by atoms with van der Waals surface area (Å²) in [6, 6.07) is 24.4. The van der Waals surface area contributed by atoms with E-state index in [9.17, 15) is 13.2 Å². The van der Waals surface area contributed by atoms with E-state index in [-0.39, 0.29) is 24.2 Å². The third-order valence-corrected chi connectivity index (χ3v) is 6.94. The van der Waals surface area contributed by atoms with Crippen LogP contribution in [0.1, 0.15) is 47.2 Å². The summed E-state index contributed by atoms with van der Waals surface area (Å²) in [6.07, 6.45) is -2.10. The molecule has 5 rings (SSSR count). The number of benzene rings is 3. The summed E-state index contributed by atoms with van der Waals surface area (Å²) < 4.78 is 46.9. The second-order valence-corrected chi connectivity index (χ2v) is 9.19. The average molecular weight is 467 g/mol. The van der Waals surface area contributed by atoms with Gasteiger partial charge in [-0.25, -0.2) is 0 Å². The van der Waals surface area contributed by atoms with E-state index in [1.165, 1.54) is 11.6 Å². The molecule has 178 valence electrons. The van der Waals surface area contributed by atoms with Gasteiger partial charge in [0.05, 0.1) is 23.8 Å². The largest absolute Gasteiger partial charge is 0.416 e. The predicted molar refractivity (Wildman–Crippen MR) is 128 cm³/mol. The Morgan fingerprint density at radius 3 is 2.38 bits per heavy atom. The van der Waals surface area contributed by atoms with Crippen LogP contribution in [0.3, 0.4) is 0 Å². The Balaban J connectivity index is 1.33. The fourth-order valence-corrected chi connectivity index (χ4v) is 5.21. The van der Waals surface area contributed by atoms with E-state index < -0.39 is 11.7 Å². The Morgan fingerprint density at radius 2 is 1.65 bits per heavy atom. The second-order valence-electron chi connectivity index (χ2n) is 9.19. The van der Waals surface area contributed by atoms with Crippen molar-refractivity contribution in [1.29, 1.82) is 0 Å². The lowest BCUT2D eigenvalue weighted by atomic mass is 9.76. The third-order valence-electron chi connectivity index (χ3n) is 6.94. The van der Waals surface area contributed by atoms with Gasteiger partial charge >= 0.3 is 6.18 Å². The molecule has 0 aromatic heterocycles. The maximum Gasteiger partial charge on any atom is 0.416 e. The number of anilines is 1. The molecule has 0 saturated carbocycles. The molecule has 0 spiro atoms. The minimum Gasteiger partial charge on any atom is -0.378 e. The van der Waals surface area contributed by atoms with Gasteiger partial charge in [0.25, 0.3) is 0 Å². The minimum absolute atomic E-state index is 0.00225. The topological polar surface area (TPSA) is 33.3 Å². The lowest BCUT2D eigenvalue weighted by Crippen LogP contribution is -2.42. The van der Waals surface area contributed by atoms with Crippen molar-refractivity contribution < 1.29 is 17.9 Å². The molecule has 0 amide bonds. The van der Waals surface area contributed by atoms with Crippen molar-refractivity contribution in [1.82, 2.24) is 5.32 Å². The molecule has 2 N–H and O–H groups in total. The molecule has 3 nitrogen and oxygen atoms in total. The van der Waals surface area contributed by atoms with E-state index in [4.69, 9.17) is 4.74 Å². The molecule has 1 saturated heterocycles. The van der Waals surface area contributed by atoms with Crippen LogP contribution in [0, 0.1) is 5.92 Å². The molecule has 6 heteroatoms. The predicted octanol–water partition coefficient (Wildman–Crippen LogP) is 6.54. The normalized spacial score (nSPS) is 24.1. The van der Waals surface area contributed by atoms with Crippen molar-refractivity contribution in [3.05, 3.63) is 101 Å². The van der Waals surface area contributed by atoms with Gasteiger partial charge in [0.1, 0.15) is 0 Å². The van der Waals surface area contributed by atoms with Crippen molar-refractivity contribution in [3.63, 3.8) is 0 Å². The standard InChI is InChI=1S/C28H29F3N2O/c29-28(30,31)21-11-14-25-24(17-21)27-23(26(33-25)20-9-5-2-6-10-20)13-12-22(34-27)18-32-16-15-19-7-3-1-4-8-19/h1-11,14,17,22-23,26-27,32-33H,12-13,15-16,18H2/t22-,23+,26+,27+/m1/s1. The number of ether oxygens (including phenoxy) is 1. The van der Waals surface area contributed by atoms with Crippen LogP contribution in [0.25, 0.3) is 0 Å². The van der Waals surface area contributed by atoms with Gasteiger partial charge < -0.3 is 15.4 Å². The van der Waals surface area contributed by atoms with Crippen LogP contribution in [-0.2, 0) is 17.3 Å². The molecule has 2 aliphatic rings. The number of hydrogen-bond acceptors (Lipinski definition) is 3. The van der Waals surface area contributed by atoms with Gasteiger partial charge in [0.15, 0.2) is 0 Å². The molecule has 34 heavy (non-hydrogen) atoms. The van der Waals surface area contributed by atoms with E-state index in [2.05, 4.69) is 34.9 Å². The lowest BCUT2D eigenvalue weighted by Gasteiger charge is -2.46. The fraction of sp³-hybridized carbons (Fsp3) is 0.357. The molecule has 4 atom stereocenters. The zero-order valence-electron chi connectivity index (χ0n) is 18.9. The Bertz CT molecular complexity index is 1090. The molecular weight excluding hydrogens is 437 g/mol. The van der Waals surface area contributed by atoms with Gasteiger partial charge in [0, 0.05) is 23.7 Å². The Hall–Kier alpha value is -2.83. The molecular formula is C28H29F3N2O. The summed E-state index contributed by atoms with van der Waals surface area (Å²) in [4.78, 5) is 0. The third kappa shape index (κ3) is 4.98. The lowest BCUT2D eigenvalue weighted by molar-refractivity contribution is -0.138. The molecule has 0 aliphatic carbocycles. The highest BCUT2D eigenvalue weighted by molar-refractivity contribution is 5.58. The minimum atomic E-state index is -4.38. The molecule has 0 bridgehead atoms. The first kappa shape index (κ1) is 22.9. The van der Waals surface area contributed by atoms with Crippen LogP contribution >= 0.6 is 0 Å². The van der Waals surface area contributed by atoms with E-state index in [0.717, 1.165) is 43.1 Å². The van der Waals surface area contributed by atoms with Crippen LogP contribution < -0.4 is 10.6 Å². The maximum atomic E-state index is 13.5. The van der Waals surface area contributed by atoms with E-state index in [0.29, 0.717) is 12.1 Å². The smallest absolute Gasteiger partial charge is 0.378 e. The summed E-state index contributed by atoms with van der Waals surface area (Å²) in [7, 11) is 0. The van der Waals surface area contributed by atoms with Crippen LogP contribution in [0.4, 0.5) is 18.9 Å². The first-order valence-electron chi connectivity index (χ1n) is 11.9. The number of nitrogens with one attached hydrogen (secondary N) is 2. The van der Waals surface area contributed by atoms with E-state index >= 15 is 0 Å². The first-order valence-corrected chi connectivity index (χ1v) is 11.9. The van der Waals surface area contributed by atoms with Gasteiger partial charge in [0.2, 0.25) is 0 Å². The molecule has 2 heterocycles. The summed E-state index contributed by atoms with van der Waals surface area (Å²) in [6.45, 7) is 1.52. The summed E-state index contributed by atoms with van der Waals surface area (Å²) in [5.74, 6) is 0.0685. The van der Waals surface area contributed by atoms with Gasteiger partial charge in [-0.15, -0.1) is 0 Å². The van der Waals surface area contributed by atoms with E-state index in [1.807, 2.05) is 36.4 Å². The number of alkyl halides is 3. The van der Waals surface area contributed by atoms with Crippen molar-refractivity contribution in [2.24, 2.45) is 5.92 Å². The number of fused-ring (bicyclic) bond motifs is 3. The van der Waals surface area contributed by atoms with Gasteiger partial charge in [-0.05, 0) is 55.1 Å². The van der Waals surface area contributed by atoms with Crippen molar-refractivity contribution in [3.8, 4) is 0 Å². The Kier molecular flexibility index (Phi) is 6.61. The fourth-order valence-electron chi connectivity index (χ4n) is 5.21. The van der Waals surface area contributed by atoms with Gasteiger partial charge in [-0.1, -0.05) is 60.7 Å². The highest BCUT2D eigenvalue weighted by Gasteiger charge is 2.43. The highest BCUT2D eigenvalue weighted by atomic mass is 19.4. The average Bonchev–Trinajstić information content (AvgIpc) is 2.86. The SMILES string of the molecule is FC(F)(F)c1ccc2c(c1)[C@H]1O[C@@H](CNCCc3ccccc3)CC[C@H]1[C@H](c1ccccc1)N2. The molecule has 2 aliphatic heterocycles. The number of rotatable bonds is 6. The Labute approximate surface area is 198 Å². The monoisotopic (exact) mass is 466 g/mol. The highest BCUT2D eigenvalue weighted by Crippen LogP contribution is 2.51. The summed E-state index contributed by atoms with van der Waals surface area (Å²) in [5, 5.41) is 6.99. The van der Waals surface area contributed by atoms with Crippen molar-refractivity contribution in [2.45, 2.75) is 43.7 Å². The van der Waals surface area contributed by atoms with Crippen LogP contribution in [0.15, 0.2) is 78.9 Å². The van der Waals surface area contributed by atoms with Crippen molar-refractivity contribution in [2.75, 3.05) is 18.4 Å². The van der Waals surface area contributed by atoms with Crippen LogP contribution in [-0.4, -0.2) is 19.2 Å². The Morgan fingerprint density at radius 1 is 0.912 bits per heavy atom.